The van der Waals surface area contributed by atoms with Gasteiger partial charge in [0.1, 0.15) is 17.5 Å². The Morgan fingerprint density at radius 1 is 0.846 bits per heavy atom. The summed E-state index contributed by atoms with van der Waals surface area (Å²) in [7, 11) is 0. The normalized spacial score (nSPS) is 14.4. The molecule has 0 aliphatic heterocycles. The zero-order chi connectivity index (χ0) is 18.7. The van der Waals surface area contributed by atoms with Gasteiger partial charge in [-0.05, 0) is 35.7 Å². The van der Waals surface area contributed by atoms with Crippen molar-refractivity contribution >= 4 is 5.78 Å². The maximum absolute atomic E-state index is 11.9. The Morgan fingerprint density at radius 3 is 2.00 bits per heavy atom. The molecule has 0 heterocycles. The van der Waals surface area contributed by atoms with E-state index in [0.717, 1.165) is 0 Å². The van der Waals surface area contributed by atoms with Crippen LogP contribution in [-0.2, 0) is 5.60 Å². The lowest BCUT2D eigenvalue weighted by Crippen LogP contribution is -2.29. The van der Waals surface area contributed by atoms with Gasteiger partial charge in [0.05, 0.1) is 0 Å². The molecule has 2 unspecified atom stereocenters. The number of Topliss-reactive ketones (excluding diaryl/α,β-unsaturated/α-hetero) is 1. The first kappa shape index (κ1) is 17.9. The summed E-state index contributed by atoms with van der Waals surface area (Å²) < 4.78 is 0. The summed E-state index contributed by atoms with van der Waals surface area (Å²) in [5.74, 6) is -0.324. The van der Waals surface area contributed by atoms with Gasteiger partial charge in [-0.25, -0.2) is 0 Å². The number of aliphatic hydroxyl groups is 2. The molecular formula is C22H20O4. The number of hydrogen-bond acceptors (Lipinski definition) is 4. The zero-order valence-electron chi connectivity index (χ0n) is 14.3. The molecule has 26 heavy (non-hydrogen) atoms. The maximum atomic E-state index is 11.9. The Labute approximate surface area is 152 Å². The Morgan fingerprint density at radius 2 is 1.42 bits per heavy atom. The van der Waals surface area contributed by atoms with Crippen LogP contribution in [0.1, 0.15) is 34.0 Å². The van der Waals surface area contributed by atoms with Crippen LogP contribution in [0.2, 0.25) is 0 Å². The van der Waals surface area contributed by atoms with Crippen LogP contribution < -0.4 is 0 Å². The summed E-state index contributed by atoms with van der Waals surface area (Å²) in [6.07, 6.45) is -1.08. The monoisotopic (exact) mass is 348 g/mol. The van der Waals surface area contributed by atoms with E-state index in [1.54, 1.807) is 54.6 Å². The number of aromatic hydroxyl groups is 1. The second-order valence-electron chi connectivity index (χ2n) is 6.24. The van der Waals surface area contributed by atoms with Gasteiger partial charge in [-0.3, -0.25) is 4.79 Å². The molecule has 0 amide bonds. The van der Waals surface area contributed by atoms with Gasteiger partial charge >= 0.3 is 0 Å². The van der Waals surface area contributed by atoms with Crippen molar-refractivity contribution in [3.63, 3.8) is 0 Å². The third-order valence-electron chi connectivity index (χ3n) is 4.42. The van der Waals surface area contributed by atoms with E-state index in [9.17, 15) is 20.1 Å². The van der Waals surface area contributed by atoms with E-state index in [0.29, 0.717) is 22.3 Å². The predicted molar refractivity (Wildman–Crippen MR) is 99.1 cm³/mol. The SMILES string of the molecule is CC(O)C(=O)c1ccc(C(O)(c2ccccc2)c2cccc(O)c2)cc1. The average molecular weight is 348 g/mol. The standard InChI is InChI=1S/C22H20O4/c1-15(23)21(25)16-10-12-18(13-11-16)22(26,17-6-3-2-4-7-17)19-8-5-9-20(24)14-19/h2-15,23-24,26H,1H3. The number of hydrogen-bond donors (Lipinski definition) is 3. The Hall–Kier alpha value is -2.95. The van der Waals surface area contributed by atoms with Gasteiger partial charge in [0.2, 0.25) is 0 Å². The van der Waals surface area contributed by atoms with Gasteiger partial charge in [-0.15, -0.1) is 0 Å². The van der Waals surface area contributed by atoms with Crippen molar-refractivity contribution in [2.75, 3.05) is 0 Å². The number of carbonyl (C=O) groups is 1. The number of phenolic OH excluding ortho intramolecular Hbond substituents is 1. The molecular weight excluding hydrogens is 328 g/mol. The largest absolute Gasteiger partial charge is 0.508 e. The fourth-order valence-corrected chi connectivity index (χ4v) is 3.03. The van der Waals surface area contributed by atoms with Gasteiger partial charge < -0.3 is 15.3 Å². The lowest BCUT2D eigenvalue weighted by atomic mass is 9.80. The van der Waals surface area contributed by atoms with Gasteiger partial charge in [0.25, 0.3) is 0 Å². The van der Waals surface area contributed by atoms with E-state index in [4.69, 9.17) is 0 Å². The molecule has 132 valence electrons. The second-order valence-corrected chi connectivity index (χ2v) is 6.24. The summed E-state index contributed by atoms with van der Waals surface area (Å²) in [5.41, 5.74) is 0.580. The molecule has 0 aliphatic carbocycles. The van der Waals surface area contributed by atoms with Gasteiger partial charge in [0, 0.05) is 5.56 Å². The minimum atomic E-state index is -1.49. The van der Waals surface area contributed by atoms with Crippen molar-refractivity contribution in [3.8, 4) is 5.75 Å². The number of carbonyl (C=O) groups excluding carboxylic acids is 1. The van der Waals surface area contributed by atoms with E-state index in [1.165, 1.54) is 13.0 Å². The highest BCUT2D eigenvalue weighted by atomic mass is 16.3. The number of aliphatic hydroxyl groups excluding tert-OH is 1. The van der Waals surface area contributed by atoms with E-state index in [1.807, 2.05) is 18.2 Å². The van der Waals surface area contributed by atoms with Crippen LogP contribution in [-0.4, -0.2) is 27.2 Å². The van der Waals surface area contributed by atoms with Crippen molar-refractivity contribution in [2.24, 2.45) is 0 Å². The molecule has 3 rings (SSSR count). The van der Waals surface area contributed by atoms with Crippen LogP contribution in [0.5, 0.6) is 5.75 Å². The van der Waals surface area contributed by atoms with E-state index in [2.05, 4.69) is 0 Å². The Bertz CT molecular complexity index is 901. The number of benzene rings is 3. The molecule has 3 aromatic carbocycles. The Balaban J connectivity index is 2.14. The number of rotatable bonds is 5. The summed E-state index contributed by atoms with van der Waals surface area (Å²) >= 11 is 0. The minimum absolute atomic E-state index is 0.0535. The average Bonchev–Trinajstić information content (AvgIpc) is 2.67. The zero-order valence-corrected chi connectivity index (χ0v) is 14.3. The first-order valence-corrected chi connectivity index (χ1v) is 8.33. The van der Waals surface area contributed by atoms with E-state index < -0.39 is 11.7 Å². The second kappa shape index (κ2) is 7.12. The molecule has 3 N–H and O–H groups in total. The third kappa shape index (κ3) is 3.25. The van der Waals surface area contributed by atoms with Crippen LogP contribution in [0, 0.1) is 0 Å². The molecule has 2 atom stereocenters. The van der Waals surface area contributed by atoms with Crippen LogP contribution in [0.4, 0.5) is 0 Å². The fourth-order valence-electron chi connectivity index (χ4n) is 3.03. The molecule has 0 saturated heterocycles. The van der Waals surface area contributed by atoms with E-state index >= 15 is 0 Å². The molecule has 0 aliphatic rings. The molecule has 0 spiro atoms. The van der Waals surface area contributed by atoms with Crippen molar-refractivity contribution in [1.29, 1.82) is 0 Å². The van der Waals surface area contributed by atoms with Gasteiger partial charge in [-0.2, -0.15) is 0 Å². The van der Waals surface area contributed by atoms with Crippen LogP contribution in [0.25, 0.3) is 0 Å². The van der Waals surface area contributed by atoms with Crippen molar-refractivity contribution in [2.45, 2.75) is 18.6 Å². The molecule has 4 nitrogen and oxygen atoms in total. The lowest BCUT2D eigenvalue weighted by molar-refractivity contribution is 0.0779. The van der Waals surface area contributed by atoms with Gasteiger partial charge in [-0.1, -0.05) is 66.7 Å². The summed E-state index contributed by atoms with van der Waals surface area (Å²) in [5, 5.41) is 31.0. The topological polar surface area (TPSA) is 77.8 Å². The highest BCUT2D eigenvalue weighted by molar-refractivity contribution is 5.99. The van der Waals surface area contributed by atoms with Crippen molar-refractivity contribution in [1.82, 2.24) is 0 Å². The molecule has 0 saturated carbocycles. The van der Waals surface area contributed by atoms with Crippen molar-refractivity contribution in [3.05, 3.63) is 101 Å². The number of ketones is 1. The Kier molecular flexibility index (Phi) is 4.89. The quantitative estimate of drug-likeness (QED) is 0.489. The van der Waals surface area contributed by atoms with Crippen LogP contribution in [0.3, 0.4) is 0 Å². The molecule has 0 fully saturated rings. The molecule has 0 bridgehead atoms. The smallest absolute Gasteiger partial charge is 0.190 e. The minimum Gasteiger partial charge on any atom is -0.508 e. The third-order valence-corrected chi connectivity index (χ3v) is 4.42. The molecule has 4 heteroatoms. The fraction of sp³-hybridized carbons (Fsp3) is 0.136. The van der Waals surface area contributed by atoms with Crippen LogP contribution in [0.15, 0.2) is 78.9 Å². The van der Waals surface area contributed by atoms with Gasteiger partial charge in [0.15, 0.2) is 5.78 Å². The highest BCUT2D eigenvalue weighted by Crippen LogP contribution is 2.37. The van der Waals surface area contributed by atoms with E-state index in [-0.39, 0.29) is 11.5 Å². The maximum Gasteiger partial charge on any atom is 0.190 e. The first-order valence-electron chi connectivity index (χ1n) is 8.33. The summed E-state index contributed by atoms with van der Waals surface area (Å²) in [6, 6.07) is 22.1. The first-order chi connectivity index (χ1) is 12.4. The van der Waals surface area contributed by atoms with Crippen LogP contribution >= 0.6 is 0 Å². The molecule has 0 aromatic heterocycles. The predicted octanol–water partition coefficient (Wildman–Crippen LogP) is 3.24. The lowest BCUT2D eigenvalue weighted by Gasteiger charge is -2.30. The van der Waals surface area contributed by atoms with Crippen molar-refractivity contribution < 1.29 is 20.1 Å². The molecule has 3 aromatic rings. The summed E-state index contributed by atoms with van der Waals surface area (Å²) in [6.45, 7) is 1.42. The molecule has 0 radical (unpaired) electrons. The summed E-state index contributed by atoms with van der Waals surface area (Å²) in [4.78, 5) is 11.9. The number of phenols is 1. The highest BCUT2D eigenvalue weighted by Gasteiger charge is 2.34.